The number of nitrogens with one attached hydrogen (secondary N) is 1. The average molecular weight is 385 g/mol. The monoisotopic (exact) mass is 385 g/mol. The molecule has 0 spiro atoms. The lowest BCUT2D eigenvalue weighted by atomic mass is 10.2. The summed E-state index contributed by atoms with van der Waals surface area (Å²) in [6.45, 7) is 2.51. The highest BCUT2D eigenvalue weighted by Gasteiger charge is 2.21. The average Bonchev–Trinajstić information content (AvgIpc) is 3.08. The maximum absolute atomic E-state index is 12.4. The second-order valence-electron chi connectivity index (χ2n) is 6.20. The maximum atomic E-state index is 12.4. The summed E-state index contributed by atoms with van der Waals surface area (Å²) in [6, 6.07) is 13.3. The van der Waals surface area contributed by atoms with Crippen LogP contribution in [0.25, 0.3) is 0 Å². The molecule has 1 atom stereocenters. The Morgan fingerprint density at radius 2 is 1.85 bits per heavy atom. The minimum atomic E-state index is -0.454. The molecule has 2 aromatic rings. The summed E-state index contributed by atoms with van der Waals surface area (Å²) in [6.07, 6.45) is 1.45. The summed E-state index contributed by atoms with van der Waals surface area (Å²) in [5, 5.41) is 13.2. The van der Waals surface area contributed by atoms with Gasteiger partial charge in [-0.1, -0.05) is 0 Å². The van der Waals surface area contributed by atoms with Crippen LogP contribution < -0.4 is 10.2 Å². The molecule has 8 heteroatoms. The van der Waals surface area contributed by atoms with Crippen molar-refractivity contribution in [2.75, 3.05) is 16.8 Å². The van der Waals surface area contributed by atoms with Gasteiger partial charge in [-0.15, -0.1) is 11.8 Å². The van der Waals surface area contributed by atoms with Crippen LogP contribution in [-0.4, -0.2) is 28.5 Å². The highest BCUT2D eigenvalue weighted by atomic mass is 32.2. The van der Waals surface area contributed by atoms with Gasteiger partial charge >= 0.3 is 0 Å². The molecule has 0 unspecified atom stereocenters. The minimum Gasteiger partial charge on any atom is -0.325 e. The number of nitro groups is 1. The lowest BCUT2D eigenvalue weighted by molar-refractivity contribution is -0.384. The third-order valence-electron chi connectivity index (χ3n) is 4.25. The van der Waals surface area contributed by atoms with Gasteiger partial charge in [0.15, 0.2) is 0 Å². The normalized spacial score (nSPS) is 14.9. The Hall–Kier alpha value is -2.87. The summed E-state index contributed by atoms with van der Waals surface area (Å²) >= 11 is 1.33. The van der Waals surface area contributed by atoms with Crippen molar-refractivity contribution in [1.82, 2.24) is 0 Å². The van der Waals surface area contributed by atoms with Crippen molar-refractivity contribution in [3.8, 4) is 0 Å². The Bertz CT molecular complexity index is 852. The Labute approximate surface area is 160 Å². The molecule has 0 aromatic heterocycles. The van der Waals surface area contributed by atoms with Crippen molar-refractivity contribution in [3.63, 3.8) is 0 Å². The zero-order valence-corrected chi connectivity index (χ0v) is 15.6. The van der Waals surface area contributed by atoms with Gasteiger partial charge in [-0.05, 0) is 49.7 Å². The molecule has 1 heterocycles. The number of nitro benzene ring substituents is 1. The Morgan fingerprint density at radius 3 is 2.41 bits per heavy atom. The van der Waals surface area contributed by atoms with E-state index in [4.69, 9.17) is 0 Å². The smallest absolute Gasteiger partial charge is 0.269 e. The highest BCUT2D eigenvalue weighted by molar-refractivity contribution is 8.00. The number of carbonyl (C=O) groups excluding carboxylic acids is 2. The molecule has 27 heavy (non-hydrogen) atoms. The molecule has 1 aliphatic heterocycles. The van der Waals surface area contributed by atoms with Gasteiger partial charge in [0.05, 0.1) is 10.2 Å². The van der Waals surface area contributed by atoms with E-state index in [0.717, 1.165) is 23.5 Å². The molecular formula is C19H19N3O4S. The van der Waals surface area contributed by atoms with E-state index in [9.17, 15) is 19.7 Å². The summed E-state index contributed by atoms with van der Waals surface area (Å²) in [4.78, 5) is 36.9. The van der Waals surface area contributed by atoms with Crippen LogP contribution in [0.4, 0.5) is 17.1 Å². The summed E-state index contributed by atoms with van der Waals surface area (Å²) in [5.74, 6) is -0.0387. The van der Waals surface area contributed by atoms with E-state index in [0.29, 0.717) is 12.1 Å². The lowest BCUT2D eigenvalue weighted by Crippen LogP contribution is -2.24. The fraction of sp³-hybridized carbons (Fsp3) is 0.263. The molecular weight excluding hydrogens is 366 g/mol. The molecule has 3 rings (SSSR count). The van der Waals surface area contributed by atoms with Crippen molar-refractivity contribution < 1.29 is 14.5 Å². The number of anilines is 2. The topological polar surface area (TPSA) is 92.5 Å². The SMILES string of the molecule is C[C@H](Sc1ccc([N+](=O)[O-])cc1)C(=O)Nc1ccc(N2CCCC2=O)cc1. The van der Waals surface area contributed by atoms with Gasteiger partial charge in [0.1, 0.15) is 0 Å². The van der Waals surface area contributed by atoms with Crippen LogP contribution in [0, 0.1) is 10.1 Å². The number of hydrogen-bond acceptors (Lipinski definition) is 5. The zero-order valence-electron chi connectivity index (χ0n) is 14.8. The van der Waals surface area contributed by atoms with Crippen LogP contribution >= 0.6 is 11.8 Å². The molecule has 0 aliphatic carbocycles. The first-order valence-corrected chi connectivity index (χ1v) is 9.44. The lowest BCUT2D eigenvalue weighted by Gasteiger charge is -2.16. The number of hydrogen-bond donors (Lipinski definition) is 1. The van der Waals surface area contributed by atoms with E-state index in [1.165, 1.54) is 23.9 Å². The molecule has 140 valence electrons. The summed E-state index contributed by atoms with van der Waals surface area (Å²) in [5.41, 5.74) is 1.52. The number of amides is 2. The van der Waals surface area contributed by atoms with Gasteiger partial charge in [-0.3, -0.25) is 19.7 Å². The number of nitrogens with zero attached hydrogens (tertiary/aromatic N) is 2. The standard InChI is InChI=1S/C19H19N3O4S/c1-13(27-17-10-8-16(9-11-17)22(25)26)19(24)20-14-4-6-15(7-5-14)21-12-2-3-18(21)23/h4-11,13H,2-3,12H2,1H3,(H,20,24)/t13-/m0/s1. The number of thioether (sulfide) groups is 1. The summed E-state index contributed by atoms with van der Waals surface area (Å²) in [7, 11) is 0. The second-order valence-corrected chi connectivity index (χ2v) is 7.61. The molecule has 0 saturated carbocycles. The van der Waals surface area contributed by atoms with Crippen LogP contribution in [0.3, 0.4) is 0 Å². The number of carbonyl (C=O) groups is 2. The van der Waals surface area contributed by atoms with Gasteiger partial charge in [0, 0.05) is 41.4 Å². The Kier molecular flexibility index (Phi) is 5.75. The van der Waals surface area contributed by atoms with Gasteiger partial charge in [-0.25, -0.2) is 0 Å². The molecule has 1 N–H and O–H groups in total. The fourth-order valence-corrected chi connectivity index (χ4v) is 3.66. The van der Waals surface area contributed by atoms with Crippen molar-refractivity contribution in [2.24, 2.45) is 0 Å². The van der Waals surface area contributed by atoms with E-state index < -0.39 is 4.92 Å². The fourth-order valence-electron chi connectivity index (χ4n) is 2.79. The van der Waals surface area contributed by atoms with Crippen molar-refractivity contribution in [3.05, 3.63) is 58.6 Å². The van der Waals surface area contributed by atoms with Crippen molar-refractivity contribution in [2.45, 2.75) is 29.9 Å². The predicted molar refractivity (Wildman–Crippen MR) is 105 cm³/mol. The molecule has 0 radical (unpaired) electrons. The van der Waals surface area contributed by atoms with E-state index >= 15 is 0 Å². The van der Waals surface area contributed by atoms with Crippen LogP contribution in [-0.2, 0) is 9.59 Å². The third kappa shape index (κ3) is 4.65. The first-order chi connectivity index (χ1) is 12.9. The van der Waals surface area contributed by atoms with Crippen LogP contribution in [0.2, 0.25) is 0 Å². The quantitative estimate of drug-likeness (QED) is 0.463. The maximum Gasteiger partial charge on any atom is 0.269 e. The van der Waals surface area contributed by atoms with E-state index in [2.05, 4.69) is 5.32 Å². The van der Waals surface area contributed by atoms with Gasteiger partial charge in [0.25, 0.3) is 5.69 Å². The first kappa shape index (κ1) is 18.9. The largest absolute Gasteiger partial charge is 0.325 e. The molecule has 2 aromatic carbocycles. The van der Waals surface area contributed by atoms with E-state index in [-0.39, 0.29) is 22.8 Å². The molecule has 2 amide bonds. The summed E-state index contributed by atoms with van der Waals surface area (Å²) < 4.78 is 0. The van der Waals surface area contributed by atoms with Crippen molar-refractivity contribution >= 4 is 40.6 Å². The second kappa shape index (κ2) is 8.22. The molecule has 7 nitrogen and oxygen atoms in total. The van der Waals surface area contributed by atoms with E-state index in [1.807, 2.05) is 12.1 Å². The molecule has 1 aliphatic rings. The first-order valence-electron chi connectivity index (χ1n) is 8.56. The van der Waals surface area contributed by atoms with E-state index in [1.54, 1.807) is 36.1 Å². The minimum absolute atomic E-state index is 0.0213. The van der Waals surface area contributed by atoms with Gasteiger partial charge < -0.3 is 10.2 Å². The van der Waals surface area contributed by atoms with Crippen LogP contribution in [0.15, 0.2) is 53.4 Å². The molecule has 1 fully saturated rings. The van der Waals surface area contributed by atoms with Crippen molar-refractivity contribution in [1.29, 1.82) is 0 Å². The Balaban J connectivity index is 1.57. The highest BCUT2D eigenvalue weighted by Crippen LogP contribution is 2.27. The Morgan fingerprint density at radius 1 is 1.19 bits per heavy atom. The number of non-ortho nitro benzene ring substituents is 1. The molecule has 0 bridgehead atoms. The molecule has 1 saturated heterocycles. The zero-order chi connectivity index (χ0) is 19.4. The van der Waals surface area contributed by atoms with Gasteiger partial charge in [0.2, 0.25) is 11.8 Å². The van der Waals surface area contributed by atoms with Gasteiger partial charge in [-0.2, -0.15) is 0 Å². The number of rotatable bonds is 6. The number of benzene rings is 2. The third-order valence-corrected chi connectivity index (χ3v) is 5.36. The van der Waals surface area contributed by atoms with Crippen LogP contribution in [0.5, 0.6) is 0 Å². The van der Waals surface area contributed by atoms with Crippen LogP contribution in [0.1, 0.15) is 19.8 Å². The predicted octanol–water partition coefficient (Wildman–Crippen LogP) is 3.84.